The molecule has 168 valence electrons. The molecule has 0 aliphatic heterocycles. The van der Waals surface area contributed by atoms with Crippen molar-refractivity contribution >= 4 is 16.9 Å². The molecule has 1 aliphatic rings. The summed E-state index contributed by atoms with van der Waals surface area (Å²) in [6, 6.07) is 8.76. The van der Waals surface area contributed by atoms with E-state index < -0.39 is 0 Å². The number of hydrogen-bond donors (Lipinski definition) is 0. The van der Waals surface area contributed by atoms with Crippen molar-refractivity contribution in [3.05, 3.63) is 51.9 Å². The molecular weight excluding hydrogens is 392 g/mol. The molecule has 0 N–H and O–H groups in total. The summed E-state index contributed by atoms with van der Waals surface area (Å²) >= 11 is 0. The summed E-state index contributed by atoms with van der Waals surface area (Å²) in [6.07, 6.45) is 4.36. The van der Waals surface area contributed by atoms with Gasteiger partial charge in [0.15, 0.2) is 0 Å². The van der Waals surface area contributed by atoms with Gasteiger partial charge in [0.25, 0.3) is 0 Å². The largest absolute Gasteiger partial charge is 0.493 e. The molecule has 2 aromatic rings. The monoisotopic (exact) mass is 426 g/mol. The quantitative estimate of drug-likeness (QED) is 0.313. The average molecular weight is 427 g/mol. The topological polar surface area (TPSA) is 65.7 Å². The first-order valence-corrected chi connectivity index (χ1v) is 11.1. The molecule has 1 heterocycles. The summed E-state index contributed by atoms with van der Waals surface area (Å²) in [6.45, 7) is 9.57. The Morgan fingerprint density at radius 2 is 1.97 bits per heavy atom. The van der Waals surface area contributed by atoms with Crippen LogP contribution in [0.2, 0.25) is 0 Å². The Bertz CT molecular complexity index is 1010. The number of benzene rings is 1. The van der Waals surface area contributed by atoms with Crippen LogP contribution < -0.4 is 10.4 Å². The molecule has 31 heavy (non-hydrogen) atoms. The zero-order valence-electron chi connectivity index (χ0n) is 19.3. The van der Waals surface area contributed by atoms with Gasteiger partial charge in [0.2, 0.25) is 0 Å². The van der Waals surface area contributed by atoms with E-state index in [0.29, 0.717) is 36.2 Å². The Morgan fingerprint density at radius 1 is 1.23 bits per heavy atom. The normalized spacial score (nSPS) is 23.6. The Morgan fingerprint density at radius 3 is 2.68 bits per heavy atom. The lowest BCUT2D eigenvalue weighted by Gasteiger charge is -2.48. The van der Waals surface area contributed by atoms with Gasteiger partial charge in [-0.2, -0.15) is 0 Å². The van der Waals surface area contributed by atoms with Crippen molar-refractivity contribution in [2.45, 2.75) is 59.8 Å². The molecule has 1 fully saturated rings. The fourth-order valence-corrected chi connectivity index (χ4v) is 5.02. The van der Waals surface area contributed by atoms with Crippen LogP contribution in [0.5, 0.6) is 5.75 Å². The van der Waals surface area contributed by atoms with Crippen molar-refractivity contribution < 1.29 is 18.7 Å². The Labute approximate surface area is 184 Å². The number of rotatable bonds is 7. The zero-order valence-corrected chi connectivity index (χ0v) is 19.3. The van der Waals surface area contributed by atoms with Crippen molar-refractivity contribution in [3.8, 4) is 5.75 Å². The third kappa shape index (κ3) is 5.20. The van der Waals surface area contributed by atoms with E-state index in [1.54, 1.807) is 12.1 Å². The predicted molar refractivity (Wildman–Crippen MR) is 122 cm³/mol. The van der Waals surface area contributed by atoms with Gasteiger partial charge < -0.3 is 13.9 Å². The van der Waals surface area contributed by atoms with Gasteiger partial charge in [-0.3, -0.25) is 4.79 Å². The molecule has 0 spiro atoms. The molecule has 3 rings (SSSR count). The number of ether oxygens (including phenoxy) is 2. The zero-order chi connectivity index (χ0) is 22.6. The van der Waals surface area contributed by atoms with Crippen LogP contribution in [0.1, 0.15) is 59.8 Å². The molecule has 0 bridgehead atoms. The minimum atomic E-state index is -0.365. The second kappa shape index (κ2) is 9.71. The lowest BCUT2D eigenvalue weighted by molar-refractivity contribution is -0.141. The highest BCUT2D eigenvalue weighted by Gasteiger charge is 2.44. The van der Waals surface area contributed by atoms with E-state index in [4.69, 9.17) is 13.9 Å². The third-order valence-electron chi connectivity index (χ3n) is 7.20. The number of esters is 1. The first kappa shape index (κ1) is 23.1. The molecule has 1 saturated carbocycles. The molecule has 5 nitrogen and oxygen atoms in total. The first-order chi connectivity index (χ1) is 14.7. The van der Waals surface area contributed by atoms with Gasteiger partial charge in [-0.1, -0.05) is 25.0 Å². The standard InChI is InChI=1S/C26H34O5/c1-17(2)21-10-6-18(3)26(4,22(21)11-13-24(27)29-5)14-15-30-20-9-7-19-8-12-25(28)31-23(19)16-20/h7-9,12,16,18,22H,6,10-11,13-15H2,1-5H3/t18-,22+,26-/m1/s1. The fraction of sp³-hybridized carbons (Fsp3) is 0.538. The van der Waals surface area contributed by atoms with Crippen molar-refractivity contribution in [1.82, 2.24) is 0 Å². The molecule has 0 saturated heterocycles. The summed E-state index contributed by atoms with van der Waals surface area (Å²) < 4.78 is 16.3. The summed E-state index contributed by atoms with van der Waals surface area (Å²) in [4.78, 5) is 23.4. The van der Waals surface area contributed by atoms with E-state index in [1.807, 2.05) is 12.1 Å². The highest BCUT2D eigenvalue weighted by atomic mass is 16.5. The van der Waals surface area contributed by atoms with Crippen LogP contribution in [-0.2, 0) is 9.53 Å². The van der Waals surface area contributed by atoms with Crippen molar-refractivity contribution in [1.29, 1.82) is 0 Å². The van der Waals surface area contributed by atoms with E-state index in [2.05, 4.69) is 27.7 Å². The fourth-order valence-electron chi connectivity index (χ4n) is 5.02. The van der Waals surface area contributed by atoms with Gasteiger partial charge in [0.1, 0.15) is 11.3 Å². The lowest BCUT2D eigenvalue weighted by Crippen LogP contribution is -2.41. The van der Waals surface area contributed by atoms with Crippen LogP contribution >= 0.6 is 0 Å². The van der Waals surface area contributed by atoms with Gasteiger partial charge in [0, 0.05) is 23.9 Å². The lowest BCUT2D eigenvalue weighted by atomic mass is 9.57. The number of fused-ring (bicyclic) bond motifs is 1. The van der Waals surface area contributed by atoms with E-state index in [0.717, 1.165) is 31.1 Å². The number of methoxy groups -OCH3 is 1. The third-order valence-corrected chi connectivity index (χ3v) is 7.20. The minimum Gasteiger partial charge on any atom is -0.493 e. The average Bonchev–Trinajstić information content (AvgIpc) is 2.74. The molecule has 0 unspecified atom stereocenters. The van der Waals surface area contributed by atoms with E-state index in [-0.39, 0.29) is 17.0 Å². The number of carbonyl (C=O) groups excluding carboxylic acids is 1. The maximum absolute atomic E-state index is 11.9. The van der Waals surface area contributed by atoms with Crippen molar-refractivity contribution in [3.63, 3.8) is 0 Å². The van der Waals surface area contributed by atoms with Crippen LogP contribution in [-0.4, -0.2) is 19.7 Å². The maximum atomic E-state index is 11.9. The van der Waals surface area contributed by atoms with E-state index in [9.17, 15) is 9.59 Å². The van der Waals surface area contributed by atoms with E-state index >= 15 is 0 Å². The van der Waals surface area contributed by atoms with Crippen molar-refractivity contribution in [2.75, 3.05) is 13.7 Å². The Balaban J connectivity index is 1.76. The number of carbonyl (C=O) groups is 1. The second-order valence-corrected chi connectivity index (χ2v) is 9.19. The number of hydrogen-bond acceptors (Lipinski definition) is 5. The van der Waals surface area contributed by atoms with Gasteiger partial charge in [-0.25, -0.2) is 4.79 Å². The smallest absolute Gasteiger partial charge is 0.336 e. The van der Waals surface area contributed by atoms with Crippen LogP contribution in [0, 0.1) is 17.3 Å². The first-order valence-electron chi connectivity index (χ1n) is 11.1. The van der Waals surface area contributed by atoms with Gasteiger partial charge in [0.05, 0.1) is 13.7 Å². The van der Waals surface area contributed by atoms with Crippen LogP contribution in [0.3, 0.4) is 0 Å². The second-order valence-electron chi connectivity index (χ2n) is 9.19. The molecule has 0 radical (unpaired) electrons. The van der Waals surface area contributed by atoms with Gasteiger partial charge in [-0.15, -0.1) is 0 Å². The summed E-state index contributed by atoms with van der Waals surface area (Å²) in [5.74, 6) is 1.40. The molecule has 0 amide bonds. The molecule has 1 aromatic heterocycles. The van der Waals surface area contributed by atoms with Gasteiger partial charge in [-0.05, 0) is 75.0 Å². The summed E-state index contributed by atoms with van der Waals surface area (Å²) in [5, 5.41) is 0.871. The van der Waals surface area contributed by atoms with E-state index in [1.165, 1.54) is 24.3 Å². The van der Waals surface area contributed by atoms with Crippen molar-refractivity contribution in [2.24, 2.45) is 17.3 Å². The SMILES string of the molecule is COC(=O)CC[C@H]1C(=C(C)C)CC[C@@H](C)[C@@]1(C)CCOc1ccc2ccc(=O)oc2c1. The van der Waals surface area contributed by atoms with Crippen LogP contribution in [0.15, 0.2) is 50.7 Å². The Hall–Kier alpha value is -2.56. The van der Waals surface area contributed by atoms with Gasteiger partial charge >= 0.3 is 11.6 Å². The van der Waals surface area contributed by atoms with Crippen LogP contribution in [0.4, 0.5) is 0 Å². The highest BCUT2D eigenvalue weighted by Crippen LogP contribution is 2.52. The summed E-state index contributed by atoms with van der Waals surface area (Å²) in [5.41, 5.74) is 3.04. The molecule has 1 aromatic carbocycles. The van der Waals surface area contributed by atoms with Crippen LogP contribution in [0.25, 0.3) is 11.0 Å². The molecule has 5 heteroatoms. The Kier molecular flexibility index (Phi) is 7.24. The highest BCUT2D eigenvalue weighted by molar-refractivity contribution is 5.77. The molecule has 1 aliphatic carbocycles. The minimum absolute atomic E-state index is 0.0300. The number of allylic oxidation sites excluding steroid dienone is 2. The summed E-state index contributed by atoms with van der Waals surface area (Å²) in [7, 11) is 1.45. The predicted octanol–water partition coefficient (Wildman–Crippen LogP) is 5.90. The molecule has 3 atom stereocenters. The molecular formula is C26H34O5. The maximum Gasteiger partial charge on any atom is 0.336 e.